The van der Waals surface area contributed by atoms with E-state index >= 15 is 0 Å². The maximum atomic E-state index is 10.6. The summed E-state index contributed by atoms with van der Waals surface area (Å²) in [6.45, 7) is 0. The van der Waals surface area contributed by atoms with E-state index in [1.165, 1.54) is 0 Å². The summed E-state index contributed by atoms with van der Waals surface area (Å²) in [4.78, 5) is 10.6. The molecular formula is C14H11NO3. The lowest BCUT2D eigenvalue weighted by atomic mass is 10.1. The van der Waals surface area contributed by atoms with Crippen LogP contribution in [0, 0.1) is 0 Å². The minimum atomic E-state index is -1.30. The van der Waals surface area contributed by atoms with Crippen molar-refractivity contribution < 1.29 is 14.6 Å². The SMILES string of the molecule is Cn1c(OC(=O)O)cc2c3ccccc3ccc21. The molecular weight excluding hydrogens is 230 g/mol. The van der Waals surface area contributed by atoms with Crippen molar-refractivity contribution in [1.82, 2.24) is 4.57 Å². The van der Waals surface area contributed by atoms with Crippen LogP contribution in [0.5, 0.6) is 5.88 Å². The second-order valence-corrected chi connectivity index (χ2v) is 4.13. The van der Waals surface area contributed by atoms with Gasteiger partial charge in [-0.2, -0.15) is 0 Å². The van der Waals surface area contributed by atoms with Gasteiger partial charge in [-0.25, -0.2) is 4.79 Å². The molecule has 1 heterocycles. The van der Waals surface area contributed by atoms with Gasteiger partial charge in [0.25, 0.3) is 0 Å². The van der Waals surface area contributed by atoms with Crippen molar-refractivity contribution in [1.29, 1.82) is 0 Å². The largest absolute Gasteiger partial charge is 0.512 e. The molecule has 0 saturated heterocycles. The Morgan fingerprint density at radius 3 is 2.72 bits per heavy atom. The van der Waals surface area contributed by atoms with Gasteiger partial charge < -0.3 is 14.4 Å². The minimum absolute atomic E-state index is 0.328. The maximum absolute atomic E-state index is 10.6. The van der Waals surface area contributed by atoms with Crippen molar-refractivity contribution in [2.45, 2.75) is 0 Å². The van der Waals surface area contributed by atoms with Crippen LogP contribution in [0.4, 0.5) is 4.79 Å². The number of fused-ring (bicyclic) bond motifs is 3. The van der Waals surface area contributed by atoms with Gasteiger partial charge in [0.15, 0.2) is 0 Å². The number of hydrogen-bond donors (Lipinski definition) is 1. The molecule has 0 bridgehead atoms. The average Bonchev–Trinajstić information content (AvgIpc) is 2.66. The molecule has 0 spiro atoms. The number of hydrogen-bond acceptors (Lipinski definition) is 2. The fourth-order valence-corrected chi connectivity index (χ4v) is 2.25. The standard InChI is InChI=1S/C14H11NO3/c1-15-12-7-6-9-4-2-3-5-10(9)11(12)8-13(15)18-14(16)17/h2-8H,1H3,(H,16,17). The normalized spacial score (nSPS) is 10.9. The van der Waals surface area contributed by atoms with Gasteiger partial charge in [0, 0.05) is 18.5 Å². The molecule has 0 aliphatic heterocycles. The van der Waals surface area contributed by atoms with Crippen molar-refractivity contribution in [3.8, 4) is 5.88 Å². The Balaban J connectivity index is 2.34. The smallest absolute Gasteiger partial charge is 0.449 e. The minimum Gasteiger partial charge on any atom is -0.449 e. The molecule has 4 nitrogen and oxygen atoms in total. The van der Waals surface area contributed by atoms with Gasteiger partial charge in [-0.1, -0.05) is 30.3 Å². The van der Waals surface area contributed by atoms with Crippen molar-refractivity contribution >= 4 is 27.8 Å². The number of rotatable bonds is 1. The van der Waals surface area contributed by atoms with E-state index in [9.17, 15) is 4.79 Å². The number of benzene rings is 2. The summed E-state index contributed by atoms with van der Waals surface area (Å²) < 4.78 is 6.49. The molecule has 0 atom stereocenters. The van der Waals surface area contributed by atoms with Crippen LogP contribution in [0.25, 0.3) is 21.7 Å². The Hall–Kier alpha value is -2.49. The quantitative estimate of drug-likeness (QED) is 0.664. The zero-order chi connectivity index (χ0) is 12.7. The number of aromatic nitrogens is 1. The number of carbonyl (C=O) groups is 1. The Bertz CT molecular complexity index is 758. The predicted molar refractivity (Wildman–Crippen MR) is 69.1 cm³/mol. The van der Waals surface area contributed by atoms with Gasteiger partial charge in [-0.3, -0.25) is 0 Å². The molecule has 0 radical (unpaired) electrons. The van der Waals surface area contributed by atoms with E-state index in [0.29, 0.717) is 5.88 Å². The first-order valence-corrected chi connectivity index (χ1v) is 5.55. The molecule has 90 valence electrons. The van der Waals surface area contributed by atoms with E-state index in [4.69, 9.17) is 9.84 Å². The molecule has 18 heavy (non-hydrogen) atoms. The molecule has 3 rings (SSSR count). The highest BCUT2D eigenvalue weighted by molar-refractivity contribution is 6.07. The van der Waals surface area contributed by atoms with Gasteiger partial charge >= 0.3 is 6.16 Å². The molecule has 4 heteroatoms. The van der Waals surface area contributed by atoms with Crippen LogP contribution in [-0.4, -0.2) is 15.8 Å². The van der Waals surface area contributed by atoms with Crippen molar-refractivity contribution in [2.24, 2.45) is 7.05 Å². The molecule has 2 aromatic carbocycles. The Morgan fingerprint density at radius 1 is 1.17 bits per heavy atom. The lowest BCUT2D eigenvalue weighted by Gasteiger charge is -2.02. The van der Waals surface area contributed by atoms with Gasteiger partial charge in [0.05, 0.1) is 5.52 Å². The summed E-state index contributed by atoms with van der Waals surface area (Å²) >= 11 is 0. The van der Waals surface area contributed by atoms with E-state index in [1.807, 2.05) is 36.4 Å². The van der Waals surface area contributed by atoms with Gasteiger partial charge in [-0.05, 0) is 16.8 Å². The van der Waals surface area contributed by atoms with E-state index in [-0.39, 0.29) is 0 Å². The van der Waals surface area contributed by atoms with Crippen LogP contribution in [0.1, 0.15) is 0 Å². The Kier molecular flexibility index (Phi) is 2.23. The van der Waals surface area contributed by atoms with Crippen LogP contribution in [0.2, 0.25) is 0 Å². The Labute approximate surface area is 103 Å². The van der Waals surface area contributed by atoms with Gasteiger partial charge in [-0.15, -0.1) is 0 Å². The molecule has 1 aromatic heterocycles. The molecule has 3 aromatic rings. The van der Waals surface area contributed by atoms with Crippen molar-refractivity contribution in [2.75, 3.05) is 0 Å². The number of aryl methyl sites for hydroxylation is 1. The highest BCUT2D eigenvalue weighted by Gasteiger charge is 2.11. The Morgan fingerprint density at radius 2 is 1.94 bits per heavy atom. The first kappa shape index (κ1) is 10.7. The monoisotopic (exact) mass is 241 g/mol. The van der Waals surface area contributed by atoms with E-state index in [1.54, 1.807) is 17.7 Å². The summed E-state index contributed by atoms with van der Waals surface area (Å²) in [5.74, 6) is 0.328. The third kappa shape index (κ3) is 1.50. The molecule has 0 aliphatic rings. The molecule has 0 amide bonds. The molecule has 0 saturated carbocycles. The number of nitrogens with zero attached hydrogens (tertiary/aromatic N) is 1. The molecule has 0 unspecified atom stereocenters. The van der Waals surface area contributed by atoms with Crippen LogP contribution in [0.15, 0.2) is 42.5 Å². The second kappa shape index (κ2) is 3.77. The average molecular weight is 241 g/mol. The molecule has 0 fully saturated rings. The summed E-state index contributed by atoms with van der Waals surface area (Å²) in [7, 11) is 1.79. The number of carboxylic acid groups (broad SMARTS) is 1. The van der Waals surface area contributed by atoms with Gasteiger partial charge in [0.2, 0.25) is 5.88 Å². The van der Waals surface area contributed by atoms with Crippen molar-refractivity contribution in [3.63, 3.8) is 0 Å². The van der Waals surface area contributed by atoms with Gasteiger partial charge in [0.1, 0.15) is 0 Å². The van der Waals surface area contributed by atoms with E-state index in [0.717, 1.165) is 21.7 Å². The first-order chi connectivity index (χ1) is 8.66. The van der Waals surface area contributed by atoms with Crippen LogP contribution in [-0.2, 0) is 7.05 Å². The van der Waals surface area contributed by atoms with Crippen LogP contribution >= 0.6 is 0 Å². The van der Waals surface area contributed by atoms with Crippen molar-refractivity contribution in [3.05, 3.63) is 42.5 Å². The molecule has 0 aliphatic carbocycles. The highest BCUT2D eigenvalue weighted by atomic mass is 16.7. The summed E-state index contributed by atoms with van der Waals surface area (Å²) in [5.41, 5.74) is 0.949. The highest BCUT2D eigenvalue weighted by Crippen LogP contribution is 2.30. The van der Waals surface area contributed by atoms with Crippen LogP contribution < -0.4 is 4.74 Å². The lowest BCUT2D eigenvalue weighted by molar-refractivity contribution is 0.141. The third-order valence-corrected chi connectivity index (χ3v) is 3.10. The topological polar surface area (TPSA) is 51.5 Å². The van der Waals surface area contributed by atoms with Crippen LogP contribution in [0.3, 0.4) is 0 Å². The van der Waals surface area contributed by atoms with E-state index in [2.05, 4.69) is 0 Å². The predicted octanol–water partition coefficient (Wildman–Crippen LogP) is 3.39. The summed E-state index contributed by atoms with van der Waals surface area (Å²) in [6.07, 6.45) is -1.30. The second-order valence-electron chi connectivity index (χ2n) is 4.13. The zero-order valence-corrected chi connectivity index (χ0v) is 9.75. The third-order valence-electron chi connectivity index (χ3n) is 3.10. The fraction of sp³-hybridized carbons (Fsp3) is 0.0714. The summed E-state index contributed by atoms with van der Waals surface area (Å²) in [5, 5.41) is 11.9. The first-order valence-electron chi connectivity index (χ1n) is 5.55. The zero-order valence-electron chi connectivity index (χ0n) is 9.75. The molecule has 1 N–H and O–H groups in total. The summed E-state index contributed by atoms with van der Waals surface area (Å²) in [6, 6.07) is 13.7. The fourth-order valence-electron chi connectivity index (χ4n) is 2.25. The maximum Gasteiger partial charge on any atom is 0.512 e. The van der Waals surface area contributed by atoms with E-state index < -0.39 is 6.16 Å². The number of ether oxygens (including phenoxy) is 1. The lowest BCUT2D eigenvalue weighted by Crippen LogP contribution is -2.05.